The van der Waals surface area contributed by atoms with Crippen LogP contribution in [0.3, 0.4) is 0 Å². The van der Waals surface area contributed by atoms with E-state index in [-0.39, 0.29) is 29.3 Å². The average molecular weight is 329 g/mol. The van der Waals surface area contributed by atoms with Gasteiger partial charge in [-0.2, -0.15) is 0 Å². The molecule has 0 aromatic heterocycles. The number of nitrogens with zero attached hydrogens (tertiary/aromatic N) is 1. The molecule has 122 valence electrons. The van der Waals surface area contributed by atoms with Crippen molar-refractivity contribution in [1.82, 2.24) is 4.90 Å². The standard InChI is InChI=1S/C15H20FNO4S/c1-17(13-8-10-22(19,20)11-13)15(18)3-2-9-21-14-6-4-12(16)5-7-14/h4-7,13H,2-3,8-11H2,1H3. The number of halogens is 1. The van der Waals surface area contributed by atoms with E-state index in [9.17, 15) is 17.6 Å². The quantitative estimate of drug-likeness (QED) is 0.744. The Bertz CT molecular complexity index is 615. The molecule has 1 atom stereocenters. The number of ether oxygens (including phenoxy) is 1. The van der Waals surface area contributed by atoms with Gasteiger partial charge in [-0.1, -0.05) is 0 Å². The van der Waals surface area contributed by atoms with Gasteiger partial charge in [-0.05, 0) is 37.1 Å². The van der Waals surface area contributed by atoms with E-state index in [1.165, 1.54) is 29.2 Å². The van der Waals surface area contributed by atoms with Gasteiger partial charge in [0.2, 0.25) is 5.91 Å². The van der Waals surface area contributed by atoms with Gasteiger partial charge in [-0.25, -0.2) is 12.8 Å². The van der Waals surface area contributed by atoms with E-state index in [4.69, 9.17) is 4.74 Å². The van der Waals surface area contributed by atoms with E-state index in [1.807, 2.05) is 0 Å². The summed E-state index contributed by atoms with van der Waals surface area (Å²) in [6, 6.07) is 5.48. The zero-order valence-electron chi connectivity index (χ0n) is 12.5. The number of sulfone groups is 1. The van der Waals surface area contributed by atoms with Crippen molar-refractivity contribution in [2.45, 2.75) is 25.3 Å². The fraction of sp³-hybridized carbons (Fsp3) is 0.533. The van der Waals surface area contributed by atoms with E-state index in [1.54, 1.807) is 7.05 Å². The van der Waals surface area contributed by atoms with E-state index in [0.29, 0.717) is 31.6 Å². The molecule has 0 N–H and O–H groups in total. The molecule has 0 bridgehead atoms. The number of amides is 1. The van der Waals surface area contributed by atoms with Crippen LogP contribution in [0.25, 0.3) is 0 Å². The van der Waals surface area contributed by atoms with Gasteiger partial charge in [0.05, 0.1) is 18.1 Å². The Morgan fingerprint density at radius 2 is 2.05 bits per heavy atom. The molecular formula is C15H20FNO4S. The normalized spacial score (nSPS) is 19.8. The molecular weight excluding hydrogens is 309 g/mol. The molecule has 1 aliphatic heterocycles. The first kappa shape index (κ1) is 16.7. The Balaban J connectivity index is 1.70. The highest BCUT2D eigenvalue weighted by Crippen LogP contribution is 2.17. The van der Waals surface area contributed by atoms with Crippen LogP contribution in [-0.4, -0.2) is 50.4 Å². The summed E-state index contributed by atoms with van der Waals surface area (Å²) in [5.74, 6) is 0.370. The predicted molar refractivity (Wildman–Crippen MR) is 81.0 cm³/mol. The number of carbonyl (C=O) groups excluding carboxylic acids is 1. The fourth-order valence-corrected chi connectivity index (χ4v) is 4.18. The number of rotatable bonds is 6. The third-order valence-corrected chi connectivity index (χ3v) is 5.52. The maximum absolute atomic E-state index is 12.7. The van der Waals surface area contributed by atoms with Crippen molar-refractivity contribution in [2.75, 3.05) is 25.2 Å². The molecule has 1 unspecified atom stereocenters. The van der Waals surface area contributed by atoms with E-state index in [0.717, 1.165) is 0 Å². The average Bonchev–Trinajstić information content (AvgIpc) is 2.84. The van der Waals surface area contributed by atoms with Crippen molar-refractivity contribution >= 4 is 15.7 Å². The van der Waals surface area contributed by atoms with Crippen LogP contribution in [0, 0.1) is 5.82 Å². The lowest BCUT2D eigenvalue weighted by atomic mass is 10.2. The van der Waals surface area contributed by atoms with Crippen LogP contribution in [0.4, 0.5) is 4.39 Å². The largest absolute Gasteiger partial charge is 0.494 e. The van der Waals surface area contributed by atoms with Crippen LogP contribution in [0.15, 0.2) is 24.3 Å². The van der Waals surface area contributed by atoms with Crippen molar-refractivity contribution in [2.24, 2.45) is 0 Å². The third kappa shape index (κ3) is 4.69. The monoisotopic (exact) mass is 329 g/mol. The second-order valence-electron chi connectivity index (χ2n) is 5.47. The third-order valence-electron chi connectivity index (χ3n) is 3.77. The van der Waals surface area contributed by atoms with Crippen LogP contribution >= 0.6 is 0 Å². The van der Waals surface area contributed by atoms with Gasteiger partial charge in [0, 0.05) is 19.5 Å². The van der Waals surface area contributed by atoms with Gasteiger partial charge in [0.15, 0.2) is 9.84 Å². The molecule has 22 heavy (non-hydrogen) atoms. The van der Waals surface area contributed by atoms with Crippen LogP contribution < -0.4 is 4.74 Å². The molecule has 1 aromatic carbocycles. The molecule has 0 radical (unpaired) electrons. The molecule has 1 aromatic rings. The van der Waals surface area contributed by atoms with Gasteiger partial charge in [0.1, 0.15) is 11.6 Å². The highest BCUT2D eigenvalue weighted by Gasteiger charge is 2.32. The SMILES string of the molecule is CN(C(=O)CCCOc1ccc(F)cc1)C1CCS(=O)(=O)C1. The van der Waals surface area contributed by atoms with Crippen LogP contribution in [0.5, 0.6) is 5.75 Å². The molecule has 2 rings (SSSR count). The Kier molecular flexibility index (Phi) is 5.39. The van der Waals surface area contributed by atoms with Crippen molar-refractivity contribution in [3.8, 4) is 5.75 Å². The molecule has 0 aliphatic carbocycles. The lowest BCUT2D eigenvalue weighted by molar-refractivity contribution is -0.131. The second-order valence-corrected chi connectivity index (χ2v) is 7.70. The summed E-state index contributed by atoms with van der Waals surface area (Å²) in [5.41, 5.74) is 0. The maximum atomic E-state index is 12.7. The predicted octanol–water partition coefficient (Wildman–Crippen LogP) is 1.63. The summed E-state index contributed by atoms with van der Waals surface area (Å²) >= 11 is 0. The van der Waals surface area contributed by atoms with Crippen LogP contribution in [-0.2, 0) is 14.6 Å². The molecule has 0 spiro atoms. The first-order chi connectivity index (χ1) is 10.4. The molecule has 5 nitrogen and oxygen atoms in total. The van der Waals surface area contributed by atoms with Gasteiger partial charge < -0.3 is 9.64 Å². The Labute approximate surface area is 130 Å². The van der Waals surface area contributed by atoms with Crippen molar-refractivity contribution in [3.05, 3.63) is 30.1 Å². The van der Waals surface area contributed by atoms with Gasteiger partial charge in [0.25, 0.3) is 0 Å². The highest BCUT2D eigenvalue weighted by molar-refractivity contribution is 7.91. The summed E-state index contributed by atoms with van der Waals surface area (Å²) < 4.78 is 41.0. The Morgan fingerprint density at radius 1 is 1.36 bits per heavy atom. The summed E-state index contributed by atoms with van der Waals surface area (Å²) in [5, 5.41) is 0. The van der Waals surface area contributed by atoms with E-state index >= 15 is 0 Å². The minimum atomic E-state index is -2.99. The number of benzene rings is 1. The van der Waals surface area contributed by atoms with Gasteiger partial charge >= 0.3 is 0 Å². The molecule has 1 fully saturated rings. The van der Waals surface area contributed by atoms with Crippen molar-refractivity contribution < 1.29 is 22.3 Å². The van der Waals surface area contributed by atoms with Crippen LogP contribution in [0.1, 0.15) is 19.3 Å². The van der Waals surface area contributed by atoms with E-state index < -0.39 is 9.84 Å². The molecule has 1 amide bonds. The van der Waals surface area contributed by atoms with Gasteiger partial charge in [-0.3, -0.25) is 4.79 Å². The minimum absolute atomic E-state index is 0.0569. The second kappa shape index (κ2) is 7.09. The topological polar surface area (TPSA) is 63.7 Å². The van der Waals surface area contributed by atoms with Crippen molar-refractivity contribution in [1.29, 1.82) is 0 Å². The summed E-state index contributed by atoms with van der Waals surface area (Å²) in [6.45, 7) is 0.355. The Hall–Kier alpha value is -1.63. The lowest BCUT2D eigenvalue weighted by Gasteiger charge is -2.23. The smallest absolute Gasteiger partial charge is 0.222 e. The summed E-state index contributed by atoms with van der Waals surface area (Å²) in [7, 11) is -1.34. The fourth-order valence-electron chi connectivity index (χ4n) is 2.41. The number of carbonyl (C=O) groups is 1. The molecule has 0 saturated carbocycles. The lowest BCUT2D eigenvalue weighted by Crippen LogP contribution is -2.37. The molecule has 1 aliphatic rings. The molecule has 1 saturated heterocycles. The molecule has 1 heterocycles. The zero-order valence-corrected chi connectivity index (χ0v) is 13.3. The Morgan fingerprint density at radius 3 is 2.64 bits per heavy atom. The van der Waals surface area contributed by atoms with E-state index in [2.05, 4.69) is 0 Å². The summed E-state index contributed by atoms with van der Waals surface area (Å²) in [6.07, 6.45) is 1.34. The number of hydrogen-bond acceptors (Lipinski definition) is 4. The minimum Gasteiger partial charge on any atom is -0.494 e. The van der Waals surface area contributed by atoms with Crippen LogP contribution in [0.2, 0.25) is 0 Å². The highest BCUT2D eigenvalue weighted by atomic mass is 32.2. The van der Waals surface area contributed by atoms with Gasteiger partial charge in [-0.15, -0.1) is 0 Å². The number of hydrogen-bond donors (Lipinski definition) is 0. The van der Waals surface area contributed by atoms with Crippen molar-refractivity contribution in [3.63, 3.8) is 0 Å². The zero-order chi connectivity index (χ0) is 16.2. The molecule has 7 heteroatoms. The summed E-state index contributed by atoms with van der Waals surface area (Å²) in [4.78, 5) is 13.6. The first-order valence-corrected chi connectivity index (χ1v) is 9.04. The first-order valence-electron chi connectivity index (χ1n) is 7.22. The maximum Gasteiger partial charge on any atom is 0.222 e.